The van der Waals surface area contributed by atoms with E-state index in [4.69, 9.17) is 9.72 Å². The van der Waals surface area contributed by atoms with Crippen LogP contribution in [-0.4, -0.2) is 42.7 Å². The van der Waals surface area contributed by atoms with Crippen molar-refractivity contribution in [2.75, 3.05) is 11.5 Å². The highest BCUT2D eigenvalue weighted by Gasteiger charge is 2.26. The van der Waals surface area contributed by atoms with E-state index in [0.29, 0.717) is 23.4 Å². The van der Waals surface area contributed by atoms with Crippen LogP contribution in [0.1, 0.15) is 12.5 Å². The number of hydrogen-bond acceptors (Lipinski definition) is 6. The molecule has 0 saturated heterocycles. The molecule has 1 aliphatic heterocycles. The average molecular weight is 465 g/mol. The summed E-state index contributed by atoms with van der Waals surface area (Å²) in [5.74, 6) is 0.530. The molecule has 2 N–H and O–H groups in total. The van der Waals surface area contributed by atoms with Gasteiger partial charge in [-0.15, -0.1) is 0 Å². The lowest BCUT2D eigenvalue weighted by atomic mass is 9.98. The van der Waals surface area contributed by atoms with Gasteiger partial charge in [0, 0.05) is 59.1 Å². The molecule has 174 valence electrons. The molecule has 4 heterocycles. The average Bonchev–Trinajstić information content (AvgIpc) is 3.53. The Hall–Kier alpha value is -4.43. The Morgan fingerprint density at radius 3 is 2.66 bits per heavy atom. The Morgan fingerprint density at radius 2 is 1.89 bits per heavy atom. The predicted octanol–water partition coefficient (Wildman–Crippen LogP) is 2.53. The molecular weight excluding hydrogens is 440 g/mol. The van der Waals surface area contributed by atoms with Gasteiger partial charge in [0.1, 0.15) is 0 Å². The van der Waals surface area contributed by atoms with E-state index in [1.165, 1.54) is 0 Å². The third kappa shape index (κ3) is 3.74. The summed E-state index contributed by atoms with van der Waals surface area (Å²) >= 11 is 0. The minimum Gasteiger partial charge on any atom is -0.478 e. The van der Waals surface area contributed by atoms with E-state index in [-0.39, 0.29) is 0 Å². The first kappa shape index (κ1) is 21.1. The van der Waals surface area contributed by atoms with Crippen LogP contribution in [0.3, 0.4) is 0 Å². The molecule has 1 aliphatic rings. The summed E-state index contributed by atoms with van der Waals surface area (Å²) in [7, 11) is 1.90. The monoisotopic (exact) mass is 464 g/mol. The second kappa shape index (κ2) is 8.41. The second-order valence-electron chi connectivity index (χ2n) is 8.42. The lowest BCUT2D eigenvalue weighted by Crippen LogP contribution is -2.47. The number of H-pyrrole nitrogens is 1. The van der Waals surface area contributed by atoms with Crippen LogP contribution in [0, 0.1) is 0 Å². The molecule has 1 unspecified atom stereocenters. The molecule has 8 heteroatoms. The highest BCUT2D eigenvalue weighted by molar-refractivity contribution is 5.85. The van der Waals surface area contributed by atoms with Crippen molar-refractivity contribution in [1.82, 2.24) is 24.7 Å². The van der Waals surface area contributed by atoms with E-state index in [2.05, 4.69) is 15.1 Å². The molecule has 8 nitrogen and oxygen atoms in total. The summed E-state index contributed by atoms with van der Waals surface area (Å²) in [5, 5.41) is 18.7. The van der Waals surface area contributed by atoms with Crippen LogP contribution in [0.25, 0.3) is 33.9 Å². The standard InChI is InChI=1S/C27H24N6O2/c1-3-35-24-11-8-19-15-33(21-9-10-22-20(12-21)14-32(2)31-22)27(34)25(26(19)30-24)18-6-4-17(5-7-18)23-13-28-16-29-23/h4-16,27,34H,3H2,1-2H3,(H,28,29). The zero-order chi connectivity index (χ0) is 23.9. The number of nitrogens with zero attached hydrogens (tertiary/aromatic N) is 5. The largest absolute Gasteiger partial charge is 0.478 e. The number of pyridine rings is 1. The Bertz CT molecular complexity index is 1640. The number of nitrogens with one attached hydrogen (secondary N) is 1. The molecule has 5 aromatic rings. The van der Waals surface area contributed by atoms with Crippen molar-refractivity contribution in [2.24, 2.45) is 7.05 Å². The number of rotatable bonds is 5. The fraction of sp³-hybridized carbons (Fsp3) is 0.148. The Balaban J connectivity index is 1.51. The fourth-order valence-corrected chi connectivity index (χ4v) is 4.52. The molecule has 1 atom stereocenters. The van der Waals surface area contributed by atoms with E-state index in [9.17, 15) is 5.11 Å². The molecule has 0 amide bonds. The summed E-state index contributed by atoms with van der Waals surface area (Å²) in [6.45, 7) is 2.44. The maximum atomic E-state index is 11.7. The minimum atomic E-state index is -0.947. The number of aliphatic hydroxyl groups excluding tert-OH is 1. The van der Waals surface area contributed by atoms with Gasteiger partial charge in [-0.3, -0.25) is 4.68 Å². The number of imidazole rings is 1. The van der Waals surface area contributed by atoms with Crippen LogP contribution in [0.15, 0.2) is 73.3 Å². The molecule has 0 spiro atoms. The van der Waals surface area contributed by atoms with Crippen LogP contribution in [0.2, 0.25) is 0 Å². The van der Waals surface area contributed by atoms with Crippen molar-refractivity contribution in [3.05, 3.63) is 89.4 Å². The first-order valence-corrected chi connectivity index (χ1v) is 11.5. The predicted molar refractivity (Wildman–Crippen MR) is 135 cm³/mol. The van der Waals surface area contributed by atoms with E-state index < -0.39 is 6.23 Å². The van der Waals surface area contributed by atoms with Crippen molar-refractivity contribution >= 4 is 28.4 Å². The fourth-order valence-electron chi connectivity index (χ4n) is 4.52. The van der Waals surface area contributed by atoms with E-state index >= 15 is 0 Å². The molecule has 0 fully saturated rings. The smallest absolute Gasteiger partial charge is 0.213 e. The summed E-state index contributed by atoms with van der Waals surface area (Å²) in [5.41, 5.74) is 5.21. The molecular formula is C27H24N6O2. The molecule has 6 rings (SSSR count). The van der Waals surface area contributed by atoms with Gasteiger partial charge in [0.2, 0.25) is 5.88 Å². The SMILES string of the molecule is CCOc1ccc2c(n1)=C(c1ccc(-c3c[nH]cn3)cc1)C(O)N(c1ccc3nn(C)cc3c1)C=2. The molecule has 35 heavy (non-hydrogen) atoms. The van der Waals surface area contributed by atoms with E-state index in [0.717, 1.165) is 38.6 Å². The van der Waals surface area contributed by atoms with E-state index in [1.54, 1.807) is 11.0 Å². The number of benzene rings is 2. The van der Waals surface area contributed by atoms with Gasteiger partial charge in [-0.05, 0) is 36.8 Å². The molecule has 0 bridgehead atoms. The Labute approximate surface area is 201 Å². The molecule has 0 aliphatic carbocycles. The zero-order valence-electron chi connectivity index (χ0n) is 19.4. The highest BCUT2D eigenvalue weighted by atomic mass is 16.5. The maximum absolute atomic E-state index is 11.7. The maximum Gasteiger partial charge on any atom is 0.213 e. The number of ether oxygens (including phenoxy) is 1. The van der Waals surface area contributed by atoms with Gasteiger partial charge in [-0.25, -0.2) is 9.97 Å². The topological polar surface area (TPSA) is 92.1 Å². The van der Waals surface area contributed by atoms with Crippen LogP contribution in [0.4, 0.5) is 5.69 Å². The van der Waals surface area contributed by atoms with Crippen molar-refractivity contribution in [3.63, 3.8) is 0 Å². The van der Waals surface area contributed by atoms with E-state index in [1.807, 2.05) is 92.1 Å². The minimum absolute atomic E-state index is 0.517. The van der Waals surface area contributed by atoms with Gasteiger partial charge in [0.05, 0.1) is 29.5 Å². The number of hydrogen-bond donors (Lipinski definition) is 2. The number of aliphatic hydroxyl groups is 1. The molecule has 0 radical (unpaired) electrons. The lowest BCUT2D eigenvalue weighted by Gasteiger charge is -2.31. The van der Waals surface area contributed by atoms with Gasteiger partial charge in [0.15, 0.2) is 6.23 Å². The zero-order valence-corrected chi connectivity index (χ0v) is 19.4. The lowest BCUT2D eigenvalue weighted by molar-refractivity contribution is 0.238. The number of aromatic nitrogens is 5. The van der Waals surface area contributed by atoms with Crippen molar-refractivity contribution < 1.29 is 9.84 Å². The summed E-state index contributed by atoms with van der Waals surface area (Å²) in [6, 6.07) is 17.8. The van der Waals surface area contributed by atoms with Gasteiger partial charge < -0.3 is 19.7 Å². The third-order valence-electron chi connectivity index (χ3n) is 6.14. The van der Waals surface area contributed by atoms with Gasteiger partial charge in [0.25, 0.3) is 0 Å². The van der Waals surface area contributed by atoms with Crippen LogP contribution in [0.5, 0.6) is 5.88 Å². The first-order valence-electron chi connectivity index (χ1n) is 11.5. The Kier molecular flexibility index (Phi) is 5.08. The van der Waals surface area contributed by atoms with Gasteiger partial charge in [-0.2, -0.15) is 5.10 Å². The molecule has 3 aromatic heterocycles. The number of aromatic amines is 1. The summed E-state index contributed by atoms with van der Waals surface area (Å²) in [4.78, 5) is 13.9. The van der Waals surface area contributed by atoms with Crippen LogP contribution >= 0.6 is 0 Å². The molecule has 0 saturated carbocycles. The number of anilines is 1. The molecule has 2 aromatic carbocycles. The normalized spacial score (nSPS) is 15.2. The second-order valence-corrected chi connectivity index (χ2v) is 8.42. The quantitative estimate of drug-likeness (QED) is 0.415. The van der Waals surface area contributed by atoms with Gasteiger partial charge in [-0.1, -0.05) is 24.3 Å². The summed E-state index contributed by atoms with van der Waals surface area (Å²) in [6.07, 6.45) is 6.47. The van der Waals surface area contributed by atoms with Crippen molar-refractivity contribution in [2.45, 2.75) is 13.2 Å². The Morgan fingerprint density at radius 1 is 1.06 bits per heavy atom. The first-order chi connectivity index (χ1) is 17.1. The van der Waals surface area contributed by atoms with Crippen LogP contribution < -0.4 is 20.2 Å². The van der Waals surface area contributed by atoms with Gasteiger partial charge >= 0.3 is 0 Å². The number of aryl methyl sites for hydroxylation is 1. The summed E-state index contributed by atoms with van der Waals surface area (Å²) < 4.78 is 7.46. The van der Waals surface area contributed by atoms with Crippen molar-refractivity contribution in [1.29, 1.82) is 0 Å². The van der Waals surface area contributed by atoms with Crippen LogP contribution in [-0.2, 0) is 7.05 Å². The highest BCUT2D eigenvalue weighted by Crippen LogP contribution is 2.29. The van der Waals surface area contributed by atoms with Crippen molar-refractivity contribution in [3.8, 4) is 17.1 Å². The third-order valence-corrected chi connectivity index (χ3v) is 6.14. The number of fused-ring (bicyclic) bond motifs is 2.